The Kier molecular flexibility index (Phi) is 3.16. The average molecular weight is 346 g/mol. The molecule has 0 aliphatic heterocycles. The van der Waals surface area contributed by atoms with Crippen LogP contribution in [0.15, 0.2) is 43.9 Å². The van der Waals surface area contributed by atoms with Gasteiger partial charge in [-0.25, -0.2) is 4.79 Å². The lowest BCUT2D eigenvalue weighted by atomic mass is 10.1. The predicted molar refractivity (Wildman–Crippen MR) is 66.5 cm³/mol. The Morgan fingerprint density at radius 3 is 2.56 bits per heavy atom. The number of carbonyl (C=O) groups is 1. The van der Waals surface area contributed by atoms with Crippen LogP contribution in [-0.4, -0.2) is 11.1 Å². The Balaban J connectivity index is 2.65. The van der Waals surface area contributed by atoms with E-state index in [9.17, 15) is 4.79 Å². The summed E-state index contributed by atoms with van der Waals surface area (Å²) in [4.78, 5) is 11.1. The smallest absolute Gasteiger partial charge is 0.336 e. The van der Waals surface area contributed by atoms with E-state index in [4.69, 9.17) is 9.52 Å². The van der Waals surface area contributed by atoms with Crippen LogP contribution < -0.4 is 0 Å². The van der Waals surface area contributed by atoms with Gasteiger partial charge in [-0.05, 0) is 40.2 Å². The summed E-state index contributed by atoms with van der Waals surface area (Å²) in [6.45, 7) is 0. The quantitative estimate of drug-likeness (QED) is 0.888. The summed E-state index contributed by atoms with van der Waals surface area (Å²) >= 11 is 6.55. The van der Waals surface area contributed by atoms with Crippen molar-refractivity contribution >= 4 is 37.8 Å². The van der Waals surface area contributed by atoms with E-state index in [1.807, 2.05) is 0 Å². The molecule has 1 heterocycles. The summed E-state index contributed by atoms with van der Waals surface area (Å²) in [7, 11) is 0. The Bertz CT molecular complexity index is 546. The van der Waals surface area contributed by atoms with Crippen molar-refractivity contribution in [2.75, 3.05) is 0 Å². The second kappa shape index (κ2) is 4.43. The highest BCUT2D eigenvalue weighted by molar-refractivity contribution is 9.10. The van der Waals surface area contributed by atoms with Crippen LogP contribution in [0.25, 0.3) is 11.3 Å². The molecule has 2 rings (SSSR count). The van der Waals surface area contributed by atoms with Gasteiger partial charge >= 0.3 is 5.97 Å². The second-order valence-corrected chi connectivity index (χ2v) is 4.86. The van der Waals surface area contributed by atoms with Crippen molar-refractivity contribution in [2.45, 2.75) is 0 Å². The van der Waals surface area contributed by atoms with Crippen LogP contribution in [0.5, 0.6) is 0 Å². The lowest BCUT2D eigenvalue weighted by molar-refractivity contribution is 0.0697. The Morgan fingerprint density at radius 1 is 1.25 bits per heavy atom. The number of carboxylic acids is 1. The topological polar surface area (TPSA) is 50.4 Å². The second-order valence-electron chi connectivity index (χ2n) is 3.09. The van der Waals surface area contributed by atoms with Gasteiger partial charge in [0.2, 0.25) is 0 Å². The summed E-state index contributed by atoms with van der Waals surface area (Å²) in [6.07, 6.45) is 1.51. The highest BCUT2D eigenvalue weighted by atomic mass is 79.9. The number of aromatic carboxylic acids is 1. The number of hydrogen-bond acceptors (Lipinski definition) is 2. The monoisotopic (exact) mass is 344 g/mol. The summed E-state index contributed by atoms with van der Waals surface area (Å²) in [6, 6.07) is 6.75. The van der Waals surface area contributed by atoms with Gasteiger partial charge in [-0.2, -0.15) is 0 Å². The van der Waals surface area contributed by atoms with Gasteiger partial charge in [0.05, 0.1) is 16.3 Å². The molecule has 0 fully saturated rings. The molecule has 0 spiro atoms. The number of rotatable bonds is 2. The van der Waals surface area contributed by atoms with Crippen LogP contribution in [0.2, 0.25) is 0 Å². The first-order chi connectivity index (χ1) is 7.59. The Labute approximate surface area is 108 Å². The first kappa shape index (κ1) is 11.4. The maximum absolute atomic E-state index is 11.1. The minimum absolute atomic E-state index is 0.199. The molecule has 0 saturated carbocycles. The van der Waals surface area contributed by atoms with E-state index in [0.717, 1.165) is 8.95 Å². The summed E-state index contributed by atoms with van der Waals surface area (Å²) in [5, 5.41) is 9.10. The maximum Gasteiger partial charge on any atom is 0.336 e. The molecule has 0 bridgehead atoms. The fourth-order valence-corrected chi connectivity index (χ4v) is 2.15. The van der Waals surface area contributed by atoms with E-state index in [0.29, 0.717) is 11.3 Å². The zero-order valence-corrected chi connectivity index (χ0v) is 11.1. The van der Waals surface area contributed by atoms with Gasteiger partial charge in [0.15, 0.2) is 0 Å². The fourth-order valence-electron chi connectivity index (χ4n) is 1.38. The Morgan fingerprint density at radius 2 is 2.00 bits per heavy atom. The summed E-state index contributed by atoms with van der Waals surface area (Å²) in [5.41, 5.74) is 0.748. The van der Waals surface area contributed by atoms with Gasteiger partial charge in [0.25, 0.3) is 0 Å². The van der Waals surface area contributed by atoms with Crippen molar-refractivity contribution in [1.29, 1.82) is 0 Å². The van der Waals surface area contributed by atoms with Crippen LogP contribution in [0.1, 0.15) is 10.4 Å². The molecule has 82 valence electrons. The highest BCUT2D eigenvalue weighted by Gasteiger charge is 2.16. The van der Waals surface area contributed by atoms with Crippen LogP contribution in [0.3, 0.4) is 0 Å². The first-order valence-electron chi connectivity index (χ1n) is 4.36. The minimum Gasteiger partial charge on any atom is -0.478 e. The normalized spacial score (nSPS) is 10.4. The molecule has 1 N–H and O–H groups in total. The van der Waals surface area contributed by atoms with Gasteiger partial charge in [-0.15, -0.1) is 0 Å². The van der Waals surface area contributed by atoms with Crippen molar-refractivity contribution in [2.24, 2.45) is 0 Å². The van der Waals surface area contributed by atoms with Crippen LogP contribution in [0.4, 0.5) is 0 Å². The number of benzene rings is 1. The van der Waals surface area contributed by atoms with Crippen molar-refractivity contribution in [3.63, 3.8) is 0 Å². The van der Waals surface area contributed by atoms with Crippen molar-refractivity contribution in [3.8, 4) is 11.3 Å². The van der Waals surface area contributed by atoms with Crippen molar-refractivity contribution < 1.29 is 14.3 Å². The fraction of sp³-hybridized carbons (Fsp3) is 0. The van der Waals surface area contributed by atoms with E-state index in [-0.39, 0.29) is 5.56 Å². The zero-order chi connectivity index (χ0) is 11.7. The third-order valence-corrected chi connectivity index (χ3v) is 3.19. The van der Waals surface area contributed by atoms with Gasteiger partial charge in [0.1, 0.15) is 5.76 Å². The number of hydrogen-bond donors (Lipinski definition) is 1. The molecule has 0 amide bonds. The molecular formula is C11H6Br2O3. The molecule has 0 radical (unpaired) electrons. The molecule has 3 nitrogen and oxygen atoms in total. The van der Waals surface area contributed by atoms with Crippen LogP contribution in [0, 0.1) is 0 Å². The Hall–Kier alpha value is -1.07. The summed E-state index contributed by atoms with van der Waals surface area (Å²) < 4.78 is 6.71. The molecule has 1 aromatic heterocycles. The highest BCUT2D eigenvalue weighted by Crippen LogP contribution is 2.33. The number of furan rings is 1. The molecule has 0 aliphatic rings. The largest absolute Gasteiger partial charge is 0.478 e. The van der Waals surface area contributed by atoms with Gasteiger partial charge in [-0.3, -0.25) is 0 Å². The van der Waals surface area contributed by atoms with E-state index < -0.39 is 5.97 Å². The average Bonchev–Trinajstić information content (AvgIpc) is 2.64. The maximum atomic E-state index is 11.1. The van der Waals surface area contributed by atoms with Gasteiger partial charge in [0, 0.05) is 10.0 Å². The number of carboxylic acid groups (broad SMARTS) is 1. The predicted octanol–water partition coefficient (Wildman–Crippen LogP) is 4.17. The van der Waals surface area contributed by atoms with Gasteiger partial charge in [-0.1, -0.05) is 15.9 Å². The van der Waals surface area contributed by atoms with E-state index >= 15 is 0 Å². The van der Waals surface area contributed by atoms with Crippen LogP contribution in [-0.2, 0) is 0 Å². The molecule has 0 saturated heterocycles. The van der Waals surface area contributed by atoms with E-state index in [2.05, 4.69) is 31.9 Å². The third-order valence-electron chi connectivity index (χ3n) is 2.07. The molecule has 0 unspecified atom stereocenters. The molecule has 2 aromatic rings. The van der Waals surface area contributed by atoms with E-state index in [1.54, 1.807) is 24.3 Å². The standard InChI is InChI=1S/C11H6Br2O3/c12-6-1-2-7(8(5-6)11(14)15)10-9(13)3-4-16-10/h1-5H,(H,14,15). The van der Waals surface area contributed by atoms with Crippen LogP contribution >= 0.6 is 31.9 Å². The SMILES string of the molecule is O=C(O)c1cc(Br)ccc1-c1occc1Br. The molecular weight excluding hydrogens is 340 g/mol. The van der Waals surface area contributed by atoms with E-state index in [1.165, 1.54) is 6.26 Å². The molecule has 1 aromatic carbocycles. The number of halogens is 2. The molecule has 0 aliphatic carbocycles. The first-order valence-corrected chi connectivity index (χ1v) is 5.94. The third kappa shape index (κ3) is 2.05. The molecule has 0 atom stereocenters. The lowest BCUT2D eigenvalue weighted by Crippen LogP contribution is -1.99. The van der Waals surface area contributed by atoms with Gasteiger partial charge < -0.3 is 9.52 Å². The van der Waals surface area contributed by atoms with Crippen molar-refractivity contribution in [1.82, 2.24) is 0 Å². The lowest BCUT2D eigenvalue weighted by Gasteiger charge is -2.04. The molecule has 16 heavy (non-hydrogen) atoms. The molecule has 5 heteroatoms. The van der Waals surface area contributed by atoms with Crippen molar-refractivity contribution in [3.05, 3.63) is 45.0 Å². The minimum atomic E-state index is -0.986. The zero-order valence-electron chi connectivity index (χ0n) is 7.91. The summed E-state index contributed by atoms with van der Waals surface area (Å²) in [5.74, 6) is -0.468.